The standard InChI is InChI=1S/C16H23N3O3S.ClH/c1-10(2)7-14(17)15-18-19-16(22-15)23(20,21)9-13-8-11(3)5-6-12(13)4;/h5-6,8,10,14H,7,9,17H2,1-4H3;1H. The van der Waals surface area contributed by atoms with E-state index >= 15 is 0 Å². The summed E-state index contributed by atoms with van der Waals surface area (Å²) in [4.78, 5) is 0. The van der Waals surface area contributed by atoms with Crippen molar-refractivity contribution in [2.24, 2.45) is 11.7 Å². The molecule has 2 N–H and O–H groups in total. The second kappa shape index (κ2) is 8.09. The Hall–Kier alpha value is -1.44. The number of benzene rings is 1. The van der Waals surface area contributed by atoms with E-state index in [1.165, 1.54) is 0 Å². The van der Waals surface area contributed by atoms with Crippen LogP contribution in [0.4, 0.5) is 0 Å². The average Bonchev–Trinajstić information content (AvgIpc) is 2.92. The van der Waals surface area contributed by atoms with Crippen LogP contribution >= 0.6 is 12.4 Å². The maximum Gasteiger partial charge on any atom is 0.335 e. The number of hydrogen-bond acceptors (Lipinski definition) is 6. The van der Waals surface area contributed by atoms with Crippen LogP contribution in [0.25, 0.3) is 0 Å². The second-order valence-corrected chi connectivity index (χ2v) is 8.20. The van der Waals surface area contributed by atoms with E-state index in [2.05, 4.69) is 10.2 Å². The molecule has 0 spiro atoms. The van der Waals surface area contributed by atoms with Crippen LogP contribution in [0.5, 0.6) is 0 Å². The van der Waals surface area contributed by atoms with E-state index in [-0.39, 0.29) is 29.3 Å². The lowest BCUT2D eigenvalue weighted by Crippen LogP contribution is -2.13. The molecule has 0 bridgehead atoms. The van der Waals surface area contributed by atoms with Gasteiger partial charge in [0, 0.05) is 0 Å². The number of aryl methyl sites for hydroxylation is 2. The maximum atomic E-state index is 12.5. The first kappa shape index (κ1) is 20.6. The molecule has 1 aromatic carbocycles. The zero-order chi connectivity index (χ0) is 17.2. The molecule has 1 unspecified atom stereocenters. The largest absolute Gasteiger partial charge is 0.411 e. The summed E-state index contributed by atoms with van der Waals surface area (Å²) in [7, 11) is -3.69. The van der Waals surface area contributed by atoms with Gasteiger partial charge in [-0.25, -0.2) is 8.42 Å². The molecule has 2 rings (SSSR count). The number of sulfone groups is 1. The van der Waals surface area contributed by atoms with Crippen molar-refractivity contribution in [1.29, 1.82) is 0 Å². The summed E-state index contributed by atoms with van der Waals surface area (Å²) >= 11 is 0. The van der Waals surface area contributed by atoms with Gasteiger partial charge in [0.05, 0.1) is 11.8 Å². The fourth-order valence-corrected chi connectivity index (χ4v) is 3.55. The Morgan fingerprint density at radius 3 is 2.50 bits per heavy atom. The summed E-state index contributed by atoms with van der Waals surface area (Å²) in [6, 6.07) is 5.25. The smallest absolute Gasteiger partial charge is 0.335 e. The topological polar surface area (TPSA) is 99.1 Å². The van der Waals surface area contributed by atoms with E-state index < -0.39 is 15.9 Å². The highest BCUT2D eigenvalue weighted by Crippen LogP contribution is 2.22. The van der Waals surface area contributed by atoms with E-state index in [0.29, 0.717) is 12.3 Å². The zero-order valence-electron chi connectivity index (χ0n) is 14.3. The number of nitrogens with zero attached hydrogens (tertiary/aromatic N) is 2. The van der Waals surface area contributed by atoms with Gasteiger partial charge in [-0.2, -0.15) is 0 Å². The lowest BCUT2D eigenvalue weighted by molar-refractivity contribution is 0.352. The molecule has 0 aliphatic rings. The number of aromatic nitrogens is 2. The summed E-state index contributed by atoms with van der Waals surface area (Å²) < 4.78 is 30.3. The third-order valence-electron chi connectivity index (χ3n) is 3.58. The van der Waals surface area contributed by atoms with Crippen LogP contribution in [0, 0.1) is 19.8 Å². The van der Waals surface area contributed by atoms with E-state index in [0.717, 1.165) is 16.7 Å². The maximum absolute atomic E-state index is 12.5. The van der Waals surface area contributed by atoms with Gasteiger partial charge in [-0.05, 0) is 37.3 Å². The molecule has 1 atom stereocenters. The molecule has 0 saturated carbocycles. The number of nitrogens with two attached hydrogens (primary N) is 1. The van der Waals surface area contributed by atoms with Gasteiger partial charge in [0.2, 0.25) is 15.7 Å². The Labute approximate surface area is 149 Å². The lowest BCUT2D eigenvalue weighted by Gasteiger charge is -2.09. The lowest BCUT2D eigenvalue weighted by atomic mass is 10.1. The fourth-order valence-electron chi connectivity index (χ4n) is 2.33. The molecule has 2 aromatic rings. The van der Waals surface area contributed by atoms with Crippen molar-refractivity contribution in [3.05, 3.63) is 40.8 Å². The van der Waals surface area contributed by atoms with Crippen molar-refractivity contribution in [2.45, 2.75) is 51.1 Å². The summed E-state index contributed by atoms with van der Waals surface area (Å²) in [5.74, 6) is 0.354. The molecule has 1 aromatic heterocycles. The Bertz CT molecular complexity index is 788. The number of hydrogen-bond donors (Lipinski definition) is 1. The van der Waals surface area contributed by atoms with Crippen LogP contribution in [-0.2, 0) is 15.6 Å². The van der Waals surface area contributed by atoms with Gasteiger partial charge in [-0.3, -0.25) is 0 Å². The van der Waals surface area contributed by atoms with Crippen molar-refractivity contribution < 1.29 is 12.8 Å². The molecule has 134 valence electrons. The second-order valence-electron chi connectivity index (χ2n) is 6.33. The van der Waals surface area contributed by atoms with Crippen molar-refractivity contribution in [3.8, 4) is 0 Å². The fraction of sp³-hybridized carbons (Fsp3) is 0.500. The minimum atomic E-state index is -3.69. The minimum absolute atomic E-state index is 0. The molecule has 0 aliphatic carbocycles. The van der Waals surface area contributed by atoms with Crippen molar-refractivity contribution >= 4 is 22.2 Å². The normalized spacial score (nSPS) is 12.9. The van der Waals surface area contributed by atoms with Crippen LogP contribution < -0.4 is 5.73 Å². The molecule has 1 heterocycles. The van der Waals surface area contributed by atoms with Crippen LogP contribution in [0.1, 0.15) is 48.9 Å². The van der Waals surface area contributed by atoms with E-state index in [9.17, 15) is 8.42 Å². The molecule has 0 fully saturated rings. The summed E-state index contributed by atoms with van der Waals surface area (Å²) in [6.07, 6.45) is 0.651. The molecule has 0 saturated heterocycles. The first-order valence-corrected chi connectivity index (χ1v) is 9.22. The first-order valence-electron chi connectivity index (χ1n) is 7.57. The van der Waals surface area contributed by atoms with Gasteiger partial charge in [-0.1, -0.05) is 42.7 Å². The molecular weight excluding hydrogens is 350 g/mol. The summed E-state index contributed by atoms with van der Waals surface area (Å²) in [5, 5.41) is 7.11. The van der Waals surface area contributed by atoms with Crippen LogP contribution in [0.15, 0.2) is 27.8 Å². The monoisotopic (exact) mass is 373 g/mol. The molecule has 24 heavy (non-hydrogen) atoms. The van der Waals surface area contributed by atoms with Crippen LogP contribution in [0.2, 0.25) is 0 Å². The van der Waals surface area contributed by atoms with E-state index in [4.69, 9.17) is 10.2 Å². The predicted molar refractivity (Wildman–Crippen MR) is 94.7 cm³/mol. The Morgan fingerprint density at radius 2 is 1.88 bits per heavy atom. The molecule has 6 nitrogen and oxygen atoms in total. The summed E-state index contributed by atoms with van der Waals surface area (Å²) in [6.45, 7) is 7.84. The van der Waals surface area contributed by atoms with E-state index in [1.54, 1.807) is 0 Å². The highest BCUT2D eigenvalue weighted by molar-refractivity contribution is 7.90. The van der Waals surface area contributed by atoms with Crippen LogP contribution in [0.3, 0.4) is 0 Å². The first-order chi connectivity index (χ1) is 10.7. The van der Waals surface area contributed by atoms with Gasteiger partial charge in [0.25, 0.3) is 0 Å². The number of halogens is 1. The van der Waals surface area contributed by atoms with Gasteiger partial charge < -0.3 is 10.2 Å². The van der Waals surface area contributed by atoms with Crippen molar-refractivity contribution in [2.75, 3.05) is 0 Å². The average molecular weight is 374 g/mol. The quantitative estimate of drug-likeness (QED) is 0.835. The third-order valence-corrected chi connectivity index (χ3v) is 4.97. The number of rotatable bonds is 6. The molecule has 0 amide bonds. The minimum Gasteiger partial charge on any atom is -0.411 e. The zero-order valence-corrected chi connectivity index (χ0v) is 15.9. The highest BCUT2D eigenvalue weighted by atomic mass is 35.5. The highest BCUT2D eigenvalue weighted by Gasteiger charge is 2.25. The molecule has 0 radical (unpaired) electrons. The third kappa shape index (κ3) is 5.03. The summed E-state index contributed by atoms with van der Waals surface area (Å²) in [5.41, 5.74) is 8.61. The van der Waals surface area contributed by atoms with Crippen molar-refractivity contribution in [1.82, 2.24) is 10.2 Å². The van der Waals surface area contributed by atoms with Crippen LogP contribution in [-0.4, -0.2) is 18.6 Å². The van der Waals surface area contributed by atoms with Gasteiger partial charge in [0.15, 0.2) is 0 Å². The Morgan fingerprint density at radius 1 is 1.21 bits per heavy atom. The van der Waals surface area contributed by atoms with Gasteiger partial charge in [0.1, 0.15) is 0 Å². The predicted octanol–water partition coefficient (Wildman–Crippen LogP) is 3.13. The Balaban J connectivity index is 0.00000288. The van der Waals surface area contributed by atoms with Gasteiger partial charge >= 0.3 is 5.22 Å². The van der Waals surface area contributed by atoms with E-state index in [1.807, 2.05) is 45.9 Å². The molecular formula is C16H24ClN3O3S. The van der Waals surface area contributed by atoms with Gasteiger partial charge in [-0.15, -0.1) is 17.5 Å². The van der Waals surface area contributed by atoms with Crippen molar-refractivity contribution in [3.63, 3.8) is 0 Å². The molecule has 8 heteroatoms. The molecule has 0 aliphatic heterocycles. The Kier molecular flexibility index (Phi) is 6.95. The SMILES string of the molecule is Cc1ccc(C)c(CS(=O)(=O)c2nnc(C(N)CC(C)C)o2)c1.Cl.